The van der Waals surface area contributed by atoms with Gasteiger partial charge in [0, 0.05) is 0 Å². The second-order valence-electron chi connectivity index (χ2n) is 3.03. The fourth-order valence-corrected chi connectivity index (χ4v) is 1.35. The van der Waals surface area contributed by atoms with Gasteiger partial charge in [-0.15, -0.1) is 10.2 Å². The maximum Gasteiger partial charge on any atom is 0.152 e. The third kappa shape index (κ3) is 3.19. The predicted molar refractivity (Wildman–Crippen MR) is 54.7 cm³/mol. The van der Waals surface area contributed by atoms with E-state index in [1.165, 1.54) is 12.8 Å². The Kier molecular flexibility index (Phi) is 3.96. The number of halogens is 1. The summed E-state index contributed by atoms with van der Waals surface area (Å²) in [6, 6.07) is 1.79. The minimum Gasteiger partial charge on any atom is -0.382 e. The average Bonchev–Trinajstić information content (AvgIpc) is 2.11. The van der Waals surface area contributed by atoms with Gasteiger partial charge in [-0.25, -0.2) is 0 Å². The first-order valence-corrected chi connectivity index (χ1v) is 4.89. The molecule has 4 heteroatoms. The van der Waals surface area contributed by atoms with E-state index in [-0.39, 0.29) is 0 Å². The van der Waals surface area contributed by atoms with Crippen LogP contribution in [0.2, 0.25) is 5.15 Å². The van der Waals surface area contributed by atoms with Crippen molar-refractivity contribution in [2.24, 2.45) is 0 Å². The SMILES string of the molecule is CCCCCc1cc(Cl)nnc1N. The molecule has 1 aromatic heterocycles. The van der Waals surface area contributed by atoms with Gasteiger partial charge in [0.2, 0.25) is 0 Å². The number of hydrogen-bond acceptors (Lipinski definition) is 3. The maximum atomic E-state index is 5.70. The highest BCUT2D eigenvalue weighted by Gasteiger charge is 2.02. The number of rotatable bonds is 4. The molecule has 0 fully saturated rings. The number of unbranched alkanes of at least 4 members (excludes halogenated alkanes) is 2. The van der Waals surface area contributed by atoms with Crippen molar-refractivity contribution in [2.75, 3.05) is 5.73 Å². The quantitative estimate of drug-likeness (QED) is 0.758. The van der Waals surface area contributed by atoms with Crippen LogP contribution in [0.3, 0.4) is 0 Å². The van der Waals surface area contributed by atoms with Gasteiger partial charge in [0.1, 0.15) is 5.82 Å². The first-order chi connectivity index (χ1) is 6.24. The Balaban J connectivity index is 2.59. The molecule has 1 heterocycles. The molecule has 0 amide bonds. The summed E-state index contributed by atoms with van der Waals surface area (Å²) in [5, 5.41) is 7.83. The highest BCUT2D eigenvalue weighted by Crippen LogP contribution is 2.15. The molecule has 72 valence electrons. The normalized spacial score (nSPS) is 10.3. The van der Waals surface area contributed by atoms with Crippen molar-refractivity contribution >= 4 is 17.4 Å². The average molecular weight is 200 g/mol. The highest BCUT2D eigenvalue weighted by atomic mass is 35.5. The minimum atomic E-state index is 0.417. The second kappa shape index (κ2) is 5.02. The number of anilines is 1. The third-order valence-electron chi connectivity index (χ3n) is 1.93. The largest absolute Gasteiger partial charge is 0.382 e. The molecule has 0 spiro atoms. The van der Waals surface area contributed by atoms with Crippen LogP contribution < -0.4 is 5.73 Å². The Hall–Kier alpha value is -0.830. The Bertz CT molecular complexity index is 276. The monoisotopic (exact) mass is 199 g/mol. The zero-order chi connectivity index (χ0) is 9.68. The topological polar surface area (TPSA) is 51.8 Å². The molecule has 0 unspecified atom stereocenters. The Morgan fingerprint density at radius 1 is 1.38 bits per heavy atom. The Morgan fingerprint density at radius 2 is 2.15 bits per heavy atom. The van der Waals surface area contributed by atoms with Crippen molar-refractivity contribution in [3.8, 4) is 0 Å². The Labute approximate surface area is 83.3 Å². The summed E-state index contributed by atoms with van der Waals surface area (Å²) >= 11 is 5.70. The van der Waals surface area contributed by atoms with Crippen LogP contribution in [0, 0.1) is 0 Å². The van der Waals surface area contributed by atoms with Crippen LogP contribution in [0.1, 0.15) is 31.7 Å². The number of nitrogens with zero attached hydrogens (tertiary/aromatic N) is 2. The standard InChI is InChI=1S/C9H14ClN3/c1-2-3-4-5-7-6-8(10)12-13-9(7)11/h6H,2-5H2,1H3,(H2,11,13). The van der Waals surface area contributed by atoms with E-state index < -0.39 is 0 Å². The zero-order valence-corrected chi connectivity index (χ0v) is 8.51. The highest BCUT2D eigenvalue weighted by molar-refractivity contribution is 6.29. The maximum absolute atomic E-state index is 5.70. The fraction of sp³-hybridized carbons (Fsp3) is 0.556. The zero-order valence-electron chi connectivity index (χ0n) is 7.76. The van der Waals surface area contributed by atoms with E-state index in [0.717, 1.165) is 18.4 Å². The van der Waals surface area contributed by atoms with Gasteiger partial charge in [0.25, 0.3) is 0 Å². The molecule has 2 N–H and O–H groups in total. The number of nitrogen functional groups attached to an aromatic ring is 1. The van der Waals surface area contributed by atoms with Gasteiger partial charge < -0.3 is 5.73 Å². The molecule has 0 aliphatic carbocycles. The van der Waals surface area contributed by atoms with Crippen LogP contribution in [-0.2, 0) is 6.42 Å². The summed E-state index contributed by atoms with van der Waals surface area (Å²) in [5.74, 6) is 0.500. The molecule has 0 aromatic carbocycles. The van der Waals surface area contributed by atoms with E-state index in [0.29, 0.717) is 11.0 Å². The molecule has 0 saturated heterocycles. The lowest BCUT2D eigenvalue weighted by Gasteiger charge is -2.02. The number of aryl methyl sites for hydroxylation is 1. The van der Waals surface area contributed by atoms with Crippen LogP contribution in [0.4, 0.5) is 5.82 Å². The third-order valence-corrected chi connectivity index (χ3v) is 2.11. The van der Waals surface area contributed by atoms with E-state index in [1.54, 1.807) is 6.07 Å². The summed E-state index contributed by atoms with van der Waals surface area (Å²) in [6.45, 7) is 2.17. The molecule has 0 aliphatic heterocycles. The van der Waals surface area contributed by atoms with Gasteiger partial charge in [-0.05, 0) is 24.5 Å². The minimum absolute atomic E-state index is 0.417. The molecular weight excluding hydrogens is 186 g/mol. The lowest BCUT2D eigenvalue weighted by Crippen LogP contribution is -2.00. The molecule has 0 aliphatic rings. The molecule has 0 bridgehead atoms. The van der Waals surface area contributed by atoms with Gasteiger partial charge in [-0.3, -0.25) is 0 Å². The lowest BCUT2D eigenvalue weighted by atomic mass is 10.1. The molecule has 0 saturated carbocycles. The van der Waals surface area contributed by atoms with E-state index in [4.69, 9.17) is 17.3 Å². The summed E-state index contributed by atoms with van der Waals surface area (Å²) in [5.41, 5.74) is 6.65. The predicted octanol–water partition coefficient (Wildman–Crippen LogP) is 2.44. The van der Waals surface area contributed by atoms with E-state index in [1.807, 2.05) is 0 Å². The molecule has 3 nitrogen and oxygen atoms in total. The van der Waals surface area contributed by atoms with Crippen molar-refractivity contribution in [3.05, 3.63) is 16.8 Å². The summed E-state index contributed by atoms with van der Waals surface area (Å²) < 4.78 is 0. The molecule has 13 heavy (non-hydrogen) atoms. The molecule has 1 rings (SSSR count). The number of hydrogen-bond donors (Lipinski definition) is 1. The van der Waals surface area contributed by atoms with Crippen molar-refractivity contribution in [2.45, 2.75) is 32.6 Å². The Morgan fingerprint density at radius 3 is 2.85 bits per heavy atom. The molecular formula is C9H14ClN3. The van der Waals surface area contributed by atoms with E-state index in [2.05, 4.69) is 17.1 Å². The number of aromatic nitrogens is 2. The fourth-order valence-electron chi connectivity index (χ4n) is 1.18. The van der Waals surface area contributed by atoms with Gasteiger partial charge >= 0.3 is 0 Å². The molecule has 0 atom stereocenters. The molecule has 1 aromatic rings. The van der Waals surface area contributed by atoms with Gasteiger partial charge in [0.05, 0.1) is 0 Å². The van der Waals surface area contributed by atoms with Crippen LogP contribution in [-0.4, -0.2) is 10.2 Å². The summed E-state index contributed by atoms with van der Waals surface area (Å²) in [7, 11) is 0. The first-order valence-electron chi connectivity index (χ1n) is 4.51. The second-order valence-corrected chi connectivity index (χ2v) is 3.42. The smallest absolute Gasteiger partial charge is 0.152 e. The van der Waals surface area contributed by atoms with Crippen molar-refractivity contribution in [1.29, 1.82) is 0 Å². The van der Waals surface area contributed by atoms with Crippen molar-refractivity contribution in [1.82, 2.24) is 10.2 Å². The molecule has 0 radical (unpaired) electrons. The van der Waals surface area contributed by atoms with E-state index in [9.17, 15) is 0 Å². The van der Waals surface area contributed by atoms with Gasteiger partial charge in [-0.1, -0.05) is 31.4 Å². The van der Waals surface area contributed by atoms with Crippen LogP contribution in [0.15, 0.2) is 6.07 Å². The van der Waals surface area contributed by atoms with Crippen molar-refractivity contribution in [3.63, 3.8) is 0 Å². The van der Waals surface area contributed by atoms with Crippen LogP contribution in [0.5, 0.6) is 0 Å². The van der Waals surface area contributed by atoms with Gasteiger partial charge in [0.15, 0.2) is 5.15 Å². The van der Waals surface area contributed by atoms with Crippen LogP contribution >= 0.6 is 11.6 Å². The van der Waals surface area contributed by atoms with Gasteiger partial charge in [-0.2, -0.15) is 0 Å². The van der Waals surface area contributed by atoms with Crippen LogP contribution in [0.25, 0.3) is 0 Å². The lowest BCUT2D eigenvalue weighted by molar-refractivity contribution is 0.715. The summed E-state index contributed by atoms with van der Waals surface area (Å²) in [6.07, 6.45) is 4.48. The van der Waals surface area contributed by atoms with E-state index >= 15 is 0 Å². The van der Waals surface area contributed by atoms with Crippen molar-refractivity contribution < 1.29 is 0 Å². The summed E-state index contributed by atoms with van der Waals surface area (Å²) in [4.78, 5) is 0. The number of nitrogens with two attached hydrogens (primary N) is 1. The first kappa shape index (κ1) is 10.3.